The number of H-pyrrole nitrogens is 1. The molecule has 0 aliphatic carbocycles. The van der Waals surface area contributed by atoms with Crippen molar-refractivity contribution in [1.82, 2.24) is 34.9 Å². The number of fused-ring (bicyclic) bond motifs is 1. The first kappa shape index (κ1) is 29.3. The van der Waals surface area contributed by atoms with Crippen LogP contribution < -0.4 is 10.2 Å². The Morgan fingerprint density at radius 1 is 0.977 bits per heavy atom. The Morgan fingerprint density at radius 3 is 2.44 bits per heavy atom. The number of nitrogens with one attached hydrogen (secondary N) is 2. The number of amides is 2. The molecule has 2 N–H and O–H groups in total. The minimum Gasteiger partial charge on any atom is -0.443 e. The van der Waals surface area contributed by atoms with Gasteiger partial charge in [-0.15, -0.1) is 10.2 Å². The lowest BCUT2D eigenvalue weighted by Crippen LogP contribution is -2.33. The molecule has 14 nitrogen and oxygen atoms in total. The molecule has 15 heteroatoms. The average molecular weight is 604 g/mol. The van der Waals surface area contributed by atoms with E-state index >= 15 is 0 Å². The average Bonchev–Trinajstić information content (AvgIpc) is 3.68. The summed E-state index contributed by atoms with van der Waals surface area (Å²) in [5.41, 5.74) is 0.276. The van der Waals surface area contributed by atoms with Crippen molar-refractivity contribution < 1.29 is 23.9 Å². The summed E-state index contributed by atoms with van der Waals surface area (Å²) in [4.78, 5) is 50.7. The van der Waals surface area contributed by atoms with Crippen molar-refractivity contribution in [3.8, 4) is 10.6 Å². The van der Waals surface area contributed by atoms with Gasteiger partial charge in [-0.25, -0.2) is 24.5 Å². The van der Waals surface area contributed by atoms with Gasteiger partial charge in [-0.1, -0.05) is 11.3 Å². The molecule has 0 aliphatic heterocycles. The standard InChI is InChI=1S/C28H29N9O5S/c1-27(2,3)41-25(39)36(18-7-8-20-17(11-18)13-32-37(20)26(40)42-28(4,5)6)24-35-34-23(43-24)16-9-10-30-21(12-16)33-22(38)19-14-29-15-31-19/h7-15H,1-6H3,(H,29,31)(H,30,33,38). The van der Waals surface area contributed by atoms with E-state index in [1.165, 1.54) is 29.8 Å². The number of hydrogen-bond donors (Lipinski definition) is 2. The highest BCUT2D eigenvalue weighted by Gasteiger charge is 2.29. The van der Waals surface area contributed by atoms with Gasteiger partial charge in [-0.3, -0.25) is 4.79 Å². The van der Waals surface area contributed by atoms with Gasteiger partial charge in [-0.2, -0.15) is 9.78 Å². The van der Waals surface area contributed by atoms with E-state index in [-0.39, 0.29) is 10.8 Å². The van der Waals surface area contributed by atoms with Crippen LogP contribution in [-0.2, 0) is 9.47 Å². The maximum Gasteiger partial charge on any atom is 0.435 e. The number of imidazole rings is 1. The molecule has 0 atom stereocenters. The molecule has 4 heterocycles. The number of nitrogens with zero attached hydrogens (tertiary/aromatic N) is 7. The van der Waals surface area contributed by atoms with Gasteiger partial charge in [0.2, 0.25) is 5.13 Å². The summed E-state index contributed by atoms with van der Waals surface area (Å²) in [6, 6.07) is 8.37. The maximum absolute atomic E-state index is 13.5. The van der Waals surface area contributed by atoms with Crippen LogP contribution in [-0.4, -0.2) is 64.2 Å². The minimum atomic E-state index is -0.791. The molecule has 0 radical (unpaired) electrons. The van der Waals surface area contributed by atoms with Gasteiger partial charge in [0.25, 0.3) is 5.91 Å². The fourth-order valence-corrected chi connectivity index (χ4v) is 4.68. The third-order valence-electron chi connectivity index (χ3n) is 5.54. The molecule has 0 aliphatic rings. The van der Waals surface area contributed by atoms with Crippen molar-refractivity contribution in [3.05, 3.63) is 60.9 Å². The summed E-state index contributed by atoms with van der Waals surface area (Å²) in [5.74, 6) is -0.135. The number of aromatic nitrogens is 7. The van der Waals surface area contributed by atoms with Gasteiger partial charge >= 0.3 is 12.2 Å². The predicted octanol–water partition coefficient (Wildman–Crippen LogP) is 5.78. The van der Waals surface area contributed by atoms with E-state index in [2.05, 4.69) is 35.6 Å². The number of ether oxygens (including phenoxy) is 2. The molecule has 5 aromatic rings. The topological polar surface area (TPSA) is 170 Å². The van der Waals surface area contributed by atoms with Gasteiger partial charge in [0, 0.05) is 23.3 Å². The lowest BCUT2D eigenvalue weighted by atomic mass is 10.2. The van der Waals surface area contributed by atoms with Crippen LogP contribution in [0.4, 0.5) is 26.2 Å². The van der Waals surface area contributed by atoms with Crippen LogP contribution in [0.25, 0.3) is 21.5 Å². The summed E-state index contributed by atoms with van der Waals surface area (Å²) >= 11 is 1.14. The van der Waals surface area contributed by atoms with E-state index in [4.69, 9.17) is 9.47 Å². The number of benzene rings is 1. The second kappa shape index (κ2) is 11.2. The van der Waals surface area contributed by atoms with Crippen LogP contribution in [0.15, 0.2) is 55.2 Å². The normalized spacial score (nSPS) is 11.8. The lowest BCUT2D eigenvalue weighted by molar-refractivity contribution is 0.0521. The van der Waals surface area contributed by atoms with E-state index in [0.717, 1.165) is 16.0 Å². The maximum atomic E-state index is 13.5. The van der Waals surface area contributed by atoms with Crippen LogP contribution in [0.2, 0.25) is 0 Å². The minimum absolute atomic E-state index is 0.215. The smallest absolute Gasteiger partial charge is 0.435 e. The molecular weight excluding hydrogens is 574 g/mol. The molecule has 0 bridgehead atoms. The zero-order chi connectivity index (χ0) is 30.9. The third kappa shape index (κ3) is 6.83. The quantitative estimate of drug-likeness (QED) is 0.251. The monoisotopic (exact) mass is 603 g/mol. The predicted molar refractivity (Wildman–Crippen MR) is 159 cm³/mol. The Kier molecular flexibility index (Phi) is 7.67. The van der Waals surface area contributed by atoms with E-state index < -0.39 is 29.3 Å². The zero-order valence-electron chi connectivity index (χ0n) is 24.3. The molecule has 4 aromatic heterocycles. The van der Waals surface area contributed by atoms with E-state index in [9.17, 15) is 14.4 Å². The first-order chi connectivity index (χ1) is 20.3. The van der Waals surface area contributed by atoms with E-state index in [1.54, 1.807) is 71.9 Å². The van der Waals surface area contributed by atoms with Crippen LogP contribution in [0.1, 0.15) is 52.0 Å². The molecule has 0 saturated heterocycles. The molecule has 2 amide bonds. The van der Waals surface area contributed by atoms with Crippen molar-refractivity contribution in [3.63, 3.8) is 0 Å². The van der Waals surface area contributed by atoms with E-state index in [1.807, 2.05) is 0 Å². The van der Waals surface area contributed by atoms with Gasteiger partial charge < -0.3 is 19.8 Å². The Bertz CT molecular complexity index is 1800. The van der Waals surface area contributed by atoms with Crippen molar-refractivity contribution >= 4 is 57.0 Å². The fraction of sp³-hybridized carbons (Fsp3) is 0.286. The Morgan fingerprint density at radius 2 is 1.74 bits per heavy atom. The van der Waals surface area contributed by atoms with Crippen molar-refractivity contribution in [2.75, 3.05) is 10.2 Å². The molecule has 0 spiro atoms. The van der Waals surface area contributed by atoms with Crippen LogP contribution in [0.3, 0.4) is 0 Å². The third-order valence-corrected chi connectivity index (χ3v) is 6.49. The Balaban J connectivity index is 1.47. The van der Waals surface area contributed by atoms with Crippen molar-refractivity contribution in [2.45, 2.75) is 52.7 Å². The van der Waals surface area contributed by atoms with Gasteiger partial charge in [0.15, 0.2) is 0 Å². The highest BCUT2D eigenvalue weighted by Crippen LogP contribution is 2.36. The Labute approximate surface area is 250 Å². The zero-order valence-corrected chi connectivity index (χ0v) is 25.1. The number of anilines is 3. The second-order valence-corrected chi connectivity index (χ2v) is 12.3. The van der Waals surface area contributed by atoms with Crippen LogP contribution in [0.5, 0.6) is 0 Å². The first-order valence-corrected chi connectivity index (χ1v) is 13.9. The van der Waals surface area contributed by atoms with Gasteiger partial charge in [0.1, 0.15) is 27.7 Å². The molecule has 5 rings (SSSR count). The fourth-order valence-electron chi connectivity index (χ4n) is 3.83. The molecule has 222 valence electrons. The number of hydrogen-bond acceptors (Lipinski definition) is 11. The SMILES string of the molecule is CC(C)(C)OC(=O)N(c1ccc2c(cnn2C(=O)OC(C)(C)C)c1)c1nnc(-c2ccnc(NC(=O)c3c[nH]cn3)c2)s1. The summed E-state index contributed by atoms with van der Waals surface area (Å²) in [5, 5.41) is 16.8. The summed E-state index contributed by atoms with van der Waals surface area (Å²) < 4.78 is 12.3. The summed E-state index contributed by atoms with van der Waals surface area (Å²) in [7, 11) is 0. The van der Waals surface area contributed by atoms with E-state index in [0.29, 0.717) is 33.0 Å². The summed E-state index contributed by atoms with van der Waals surface area (Å²) in [6.07, 6.45) is 4.63. The second-order valence-electron chi connectivity index (χ2n) is 11.3. The number of aromatic amines is 1. The highest BCUT2D eigenvalue weighted by atomic mass is 32.1. The molecule has 0 unspecified atom stereocenters. The molecule has 43 heavy (non-hydrogen) atoms. The van der Waals surface area contributed by atoms with Crippen molar-refractivity contribution in [2.24, 2.45) is 0 Å². The molecule has 0 saturated carbocycles. The first-order valence-electron chi connectivity index (χ1n) is 13.1. The highest BCUT2D eigenvalue weighted by molar-refractivity contribution is 7.18. The lowest BCUT2D eigenvalue weighted by Gasteiger charge is -2.25. The Hall–Kier alpha value is -5.18. The number of pyridine rings is 1. The van der Waals surface area contributed by atoms with Crippen molar-refractivity contribution in [1.29, 1.82) is 0 Å². The number of carbonyl (C=O) groups is 3. The number of rotatable bonds is 5. The molecular formula is C28H29N9O5S. The molecule has 0 fully saturated rings. The number of carbonyl (C=O) groups excluding carboxylic acids is 3. The summed E-state index contributed by atoms with van der Waals surface area (Å²) in [6.45, 7) is 10.6. The van der Waals surface area contributed by atoms with Crippen LogP contribution >= 0.6 is 11.3 Å². The van der Waals surface area contributed by atoms with Gasteiger partial charge in [0.05, 0.1) is 23.7 Å². The van der Waals surface area contributed by atoms with Gasteiger partial charge in [-0.05, 0) is 71.9 Å². The largest absolute Gasteiger partial charge is 0.443 e. The van der Waals surface area contributed by atoms with Crippen LogP contribution in [0, 0.1) is 0 Å². The molecule has 1 aromatic carbocycles.